The number of carboxylic acids is 1. The molecule has 0 atom stereocenters. The Kier molecular flexibility index (Phi) is 5.28. The molecule has 1 aromatic heterocycles. The minimum absolute atomic E-state index is 0.219. The first-order valence-corrected chi connectivity index (χ1v) is 7.35. The predicted molar refractivity (Wildman–Crippen MR) is 84.2 cm³/mol. The van der Waals surface area contributed by atoms with Crippen LogP contribution in [-0.2, 0) is 11.3 Å². The Morgan fingerprint density at radius 1 is 1.29 bits per heavy atom. The summed E-state index contributed by atoms with van der Waals surface area (Å²) in [5, 5.41) is 11.1. The lowest BCUT2D eigenvalue weighted by Crippen LogP contribution is -2.31. The minimum Gasteiger partial charge on any atom is -0.481 e. The zero-order valence-corrected chi connectivity index (χ0v) is 12.6. The molecule has 0 aliphatic heterocycles. The van der Waals surface area contributed by atoms with Crippen molar-refractivity contribution in [3.8, 4) is 0 Å². The number of aromatic nitrogens is 1. The van der Waals surface area contributed by atoms with Crippen LogP contribution >= 0.6 is 0 Å². The molecular formula is C17H22N2O2. The number of aliphatic carboxylic acids is 1. The van der Waals surface area contributed by atoms with E-state index in [1.54, 1.807) is 0 Å². The van der Waals surface area contributed by atoms with E-state index in [9.17, 15) is 4.79 Å². The molecule has 2 rings (SSSR count). The Balaban J connectivity index is 2.13. The molecule has 0 unspecified atom stereocenters. The molecule has 0 aliphatic carbocycles. The number of pyridine rings is 1. The van der Waals surface area contributed by atoms with E-state index < -0.39 is 5.97 Å². The van der Waals surface area contributed by atoms with Gasteiger partial charge in [-0.1, -0.05) is 24.3 Å². The Labute approximate surface area is 125 Å². The summed E-state index contributed by atoms with van der Waals surface area (Å²) in [6, 6.07) is 8.60. The molecule has 1 aromatic carbocycles. The standard InChI is InChI=1S/C17H22N2O2/c1-13(2)19(9-5-8-17(20)21)12-15-11-18-10-14-6-3-4-7-16(14)15/h3-4,6-7,10-11,13H,5,8-9,12H2,1-2H3,(H,20,21). The molecule has 0 radical (unpaired) electrons. The van der Waals surface area contributed by atoms with Crippen molar-refractivity contribution in [1.82, 2.24) is 9.88 Å². The molecule has 21 heavy (non-hydrogen) atoms. The SMILES string of the molecule is CC(C)N(CCCC(=O)O)Cc1cncc2ccccc12. The van der Waals surface area contributed by atoms with Gasteiger partial charge in [0.05, 0.1) is 0 Å². The summed E-state index contributed by atoms with van der Waals surface area (Å²) in [5.74, 6) is -0.731. The van der Waals surface area contributed by atoms with Gasteiger partial charge >= 0.3 is 5.97 Å². The maximum atomic E-state index is 10.7. The smallest absolute Gasteiger partial charge is 0.303 e. The number of benzene rings is 1. The van der Waals surface area contributed by atoms with Crippen molar-refractivity contribution < 1.29 is 9.90 Å². The first kappa shape index (κ1) is 15.4. The number of nitrogens with zero attached hydrogens (tertiary/aromatic N) is 2. The third kappa shape index (κ3) is 4.26. The Bertz CT molecular complexity index is 605. The molecule has 0 fully saturated rings. The maximum absolute atomic E-state index is 10.7. The van der Waals surface area contributed by atoms with Crippen molar-refractivity contribution >= 4 is 16.7 Å². The van der Waals surface area contributed by atoms with E-state index in [0.29, 0.717) is 12.5 Å². The zero-order valence-electron chi connectivity index (χ0n) is 12.6. The largest absolute Gasteiger partial charge is 0.481 e. The van der Waals surface area contributed by atoms with Crippen molar-refractivity contribution in [3.05, 3.63) is 42.2 Å². The molecule has 1 N–H and O–H groups in total. The van der Waals surface area contributed by atoms with Crippen LogP contribution in [0.2, 0.25) is 0 Å². The van der Waals surface area contributed by atoms with Crippen LogP contribution < -0.4 is 0 Å². The van der Waals surface area contributed by atoms with E-state index in [-0.39, 0.29) is 6.42 Å². The van der Waals surface area contributed by atoms with Gasteiger partial charge in [-0.05, 0) is 37.8 Å². The van der Waals surface area contributed by atoms with Gasteiger partial charge in [-0.3, -0.25) is 14.7 Å². The fourth-order valence-electron chi connectivity index (χ4n) is 2.48. The monoisotopic (exact) mass is 286 g/mol. The Hall–Kier alpha value is -1.94. The average Bonchev–Trinajstić information content (AvgIpc) is 2.46. The summed E-state index contributed by atoms with van der Waals surface area (Å²) in [6.07, 6.45) is 4.68. The molecule has 0 spiro atoms. The van der Waals surface area contributed by atoms with Gasteiger partial charge in [-0.2, -0.15) is 0 Å². The van der Waals surface area contributed by atoms with Crippen molar-refractivity contribution in [1.29, 1.82) is 0 Å². The van der Waals surface area contributed by atoms with Crippen molar-refractivity contribution in [2.24, 2.45) is 0 Å². The van der Waals surface area contributed by atoms with E-state index in [2.05, 4.69) is 35.9 Å². The summed E-state index contributed by atoms with van der Waals surface area (Å²) >= 11 is 0. The van der Waals surface area contributed by atoms with Gasteiger partial charge in [0.2, 0.25) is 0 Å². The van der Waals surface area contributed by atoms with Gasteiger partial charge in [0, 0.05) is 36.8 Å². The number of fused-ring (bicyclic) bond motifs is 1. The van der Waals surface area contributed by atoms with Crippen molar-refractivity contribution in [2.45, 2.75) is 39.3 Å². The lowest BCUT2D eigenvalue weighted by molar-refractivity contribution is -0.137. The highest BCUT2D eigenvalue weighted by Gasteiger charge is 2.12. The Morgan fingerprint density at radius 2 is 2.05 bits per heavy atom. The van der Waals surface area contributed by atoms with E-state index in [4.69, 9.17) is 5.11 Å². The Morgan fingerprint density at radius 3 is 2.76 bits per heavy atom. The molecule has 4 heteroatoms. The summed E-state index contributed by atoms with van der Waals surface area (Å²) in [6.45, 7) is 5.86. The van der Waals surface area contributed by atoms with Gasteiger partial charge < -0.3 is 5.11 Å². The van der Waals surface area contributed by atoms with Gasteiger partial charge in [-0.15, -0.1) is 0 Å². The molecule has 0 aliphatic rings. The van der Waals surface area contributed by atoms with E-state index >= 15 is 0 Å². The van der Waals surface area contributed by atoms with Crippen LogP contribution in [0.4, 0.5) is 0 Å². The highest BCUT2D eigenvalue weighted by Crippen LogP contribution is 2.19. The number of hydrogen-bond donors (Lipinski definition) is 1. The van der Waals surface area contributed by atoms with E-state index in [1.807, 2.05) is 24.5 Å². The second kappa shape index (κ2) is 7.18. The van der Waals surface area contributed by atoms with Crippen LogP contribution in [0.1, 0.15) is 32.3 Å². The van der Waals surface area contributed by atoms with Gasteiger partial charge in [-0.25, -0.2) is 0 Å². The lowest BCUT2D eigenvalue weighted by atomic mass is 10.1. The number of rotatable bonds is 7. The molecule has 0 bridgehead atoms. The second-order valence-electron chi connectivity index (χ2n) is 5.58. The third-order valence-electron chi connectivity index (χ3n) is 3.69. The number of carboxylic acid groups (broad SMARTS) is 1. The van der Waals surface area contributed by atoms with Crippen LogP contribution in [0.5, 0.6) is 0 Å². The fourth-order valence-corrected chi connectivity index (χ4v) is 2.48. The maximum Gasteiger partial charge on any atom is 0.303 e. The third-order valence-corrected chi connectivity index (χ3v) is 3.69. The molecule has 0 saturated carbocycles. The van der Waals surface area contributed by atoms with E-state index in [1.165, 1.54) is 10.9 Å². The molecule has 0 saturated heterocycles. The van der Waals surface area contributed by atoms with Gasteiger partial charge in [0.15, 0.2) is 0 Å². The van der Waals surface area contributed by atoms with Crippen molar-refractivity contribution in [2.75, 3.05) is 6.54 Å². The normalized spacial score (nSPS) is 11.4. The number of carbonyl (C=O) groups is 1. The highest BCUT2D eigenvalue weighted by molar-refractivity contribution is 5.84. The van der Waals surface area contributed by atoms with Crippen LogP contribution in [-0.4, -0.2) is 33.5 Å². The van der Waals surface area contributed by atoms with Crippen LogP contribution in [0.15, 0.2) is 36.7 Å². The summed E-state index contributed by atoms with van der Waals surface area (Å²) in [5.41, 5.74) is 1.19. The first-order chi connectivity index (χ1) is 10.1. The second-order valence-corrected chi connectivity index (χ2v) is 5.58. The molecule has 4 nitrogen and oxygen atoms in total. The molecule has 0 amide bonds. The summed E-state index contributed by atoms with van der Waals surface area (Å²) in [7, 11) is 0. The van der Waals surface area contributed by atoms with Gasteiger partial charge in [0.25, 0.3) is 0 Å². The van der Waals surface area contributed by atoms with Crippen LogP contribution in [0, 0.1) is 0 Å². The zero-order chi connectivity index (χ0) is 15.2. The van der Waals surface area contributed by atoms with Crippen LogP contribution in [0.25, 0.3) is 10.8 Å². The van der Waals surface area contributed by atoms with Crippen LogP contribution in [0.3, 0.4) is 0 Å². The molecular weight excluding hydrogens is 264 g/mol. The predicted octanol–water partition coefficient (Wildman–Crippen LogP) is 3.31. The summed E-state index contributed by atoms with van der Waals surface area (Å²) < 4.78 is 0. The fraction of sp³-hybridized carbons (Fsp3) is 0.412. The minimum atomic E-state index is -0.731. The average molecular weight is 286 g/mol. The van der Waals surface area contributed by atoms with E-state index in [0.717, 1.165) is 18.5 Å². The van der Waals surface area contributed by atoms with Crippen molar-refractivity contribution in [3.63, 3.8) is 0 Å². The quantitative estimate of drug-likeness (QED) is 0.848. The molecule has 1 heterocycles. The first-order valence-electron chi connectivity index (χ1n) is 7.35. The molecule has 2 aromatic rings. The number of hydrogen-bond acceptors (Lipinski definition) is 3. The highest BCUT2D eigenvalue weighted by atomic mass is 16.4. The summed E-state index contributed by atoms with van der Waals surface area (Å²) in [4.78, 5) is 17.3. The van der Waals surface area contributed by atoms with Gasteiger partial charge in [0.1, 0.15) is 0 Å². The topological polar surface area (TPSA) is 53.4 Å². The lowest BCUT2D eigenvalue weighted by Gasteiger charge is -2.26. The molecule has 112 valence electrons.